The Morgan fingerprint density at radius 3 is 2.34 bits per heavy atom. The summed E-state index contributed by atoms with van der Waals surface area (Å²) in [7, 11) is -2.72. The molecule has 2 N–H and O–H groups in total. The topological polar surface area (TPSA) is 111 Å². The molecule has 0 aliphatic rings. The standard InChI is InChI=1S/C19H21ClN2O6S/c1-4-28-17-10-9-15(11-16(17)20)29(25,26)22-12(2)18(23)21-14-7-5-13(6-8-14)19(24)27-3/h5-12,22H,4H2,1-3H3,(H,21,23)/t12-/m1/s1. The Morgan fingerprint density at radius 2 is 1.79 bits per heavy atom. The van der Waals surface area contributed by atoms with Crippen LogP contribution in [0.15, 0.2) is 47.4 Å². The van der Waals surface area contributed by atoms with Gasteiger partial charge in [0.1, 0.15) is 5.75 Å². The van der Waals surface area contributed by atoms with Crippen LogP contribution >= 0.6 is 11.6 Å². The van der Waals surface area contributed by atoms with Crippen molar-refractivity contribution in [2.45, 2.75) is 24.8 Å². The lowest BCUT2D eigenvalue weighted by Crippen LogP contribution is -2.41. The number of hydrogen-bond acceptors (Lipinski definition) is 6. The van der Waals surface area contributed by atoms with Crippen molar-refractivity contribution in [3.8, 4) is 5.75 Å². The van der Waals surface area contributed by atoms with E-state index in [9.17, 15) is 18.0 Å². The molecule has 0 heterocycles. The highest BCUT2D eigenvalue weighted by molar-refractivity contribution is 7.89. The van der Waals surface area contributed by atoms with Crippen LogP contribution in [0.1, 0.15) is 24.2 Å². The van der Waals surface area contributed by atoms with Crippen LogP contribution in [0.5, 0.6) is 5.75 Å². The fourth-order valence-electron chi connectivity index (χ4n) is 2.33. The largest absolute Gasteiger partial charge is 0.492 e. The zero-order chi connectivity index (χ0) is 21.6. The molecule has 0 saturated heterocycles. The number of sulfonamides is 1. The highest BCUT2D eigenvalue weighted by Crippen LogP contribution is 2.27. The number of hydrogen-bond donors (Lipinski definition) is 2. The van der Waals surface area contributed by atoms with Crippen LogP contribution in [-0.2, 0) is 19.6 Å². The van der Waals surface area contributed by atoms with E-state index in [1.807, 2.05) is 0 Å². The van der Waals surface area contributed by atoms with Crippen molar-refractivity contribution in [1.82, 2.24) is 4.72 Å². The number of carbonyl (C=O) groups excluding carboxylic acids is 2. The molecule has 2 rings (SSSR count). The molecule has 0 fully saturated rings. The van der Waals surface area contributed by atoms with E-state index in [2.05, 4.69) is 14.8 Å². The van der Waals surface area contributed by atoms with Crippen LogP contribution in [0, 0.1) is 0 Å². The third kappa shape index (κ3) is 5.93. The zero-order valence-electron chi connectivity index (χ0n) is 16.1. The van der Waals surface area contributed by atoms with Crippen LogP contribution in [0.3, 0.4) is 0 Å². The summed E-state index contributed by atoms with van der Waals surface area (Å²) in [5.74, 6) is -0.705. The maximum atomic E-state index is 12.5. The molecule has 0 saturated carbocycles. The Bertz CT molecular complexity index is 992. The van der Waals surface area contributed by atoms with Gasteiger partial charge < -0.3 is 14.8 Å². The Labute approximate surface area is 174 Å². The van der Waals surface area contributed by atoms with E-state index in [1.165, 1.54) is 56.5 Å². The fourth-order valence-corrected chi connectivity index (χ4v) is 3.86. The summed E-state index contributed by atoms with van der Waals surface area (Å²) in [6.07, 6.45) is 0. The van der Waals surface area contributed by atoms with Gasteiger partial charge in [0.15, 0.2) is 0 Å². The van der Waals surface area contributed by atoms with Crippen molar-refractivity contribution in [1.29, 1.82) is 0 Å². The van der Waals surface area contributed by atoms with Gasteiger partial charge >= 0.3 is 5.97 Å². The van der Waals surface area contributed by atoms with Crippen molar-refractivity contribution in [2.75, 3.05) is 19.0 Å². The molecular formula is C19H21ClN2O6S. The average Bonchev–Trinajstić information content (AvgIpc) is 2.69. The third-order valence-electron chi connectivity index (χ3n) is 3.81. The molecule has 0 spiro atoms. The second-order valence-corrected chi connectivity index (χ2v) is 8.05. The molecule has 0 radical (unpaired) electrons. The SMILES string of the molecule is CCOc1ccc(S(=O)(=O)N[C@H](C)C(=O)Nc2ccc(C(=O)OC)cc2)cc1Cl. The first-order chi connectivity index (χ1) is 13.7. The number of esters is 1. The highest BCUT2D eigenvalue weighted by atomic mass is 35.5. The smallest absolute Gasteiger partial charge is 0.337 e. The van der Waals surface area contributed by atoms with Crippen molar-refractivity contribution in [2.24, 2.45) is 0 Å². The second kappa shape index (κ2) is 9.73. The molecule has 0 bridgehead atoms. The van der Waals surface area contributed by atoms with Crippen LogP contribution in [-0.4, -0.2) is 40.1 Å². The van der Waals surface area contributed by atoms with Crippen LogP contribution in [0.25, 0.3) is 0 Å². The molecule has 0 aliphatic heterocycles. The molecule has 1 atom stereocenters. The second-order valence-electron chi connectivity index (χ2n) is 5.93. The van der Waals surface area contributed by atoms with Crippen molar-refractivity contribution in [3.05, 3.63) is 53.1 Å². The highest BCUT2D eigenvalue weighted by Gasteiger charge is 2.23. The van der Waals surface area contributed by atoms with Crippen molar-refractivity contribution >= 4 is 39.2 Å². The molecule has 8 nitrogen and oxygen atoms in total. The predicted octanol–water partition coefficient (Wildman–Crippen LogP) is 2.83. The van der Waals surface area contributed by atoms with E-state index in [1.54, 1.807) is 6.92 Å². The van der Waals surface area contributed by atoms with Gasteiger partial charge in [-0.2, -0.15) is 4.72 Å². The summed E-state index contributed by atoms with van der Waals surface area (Å²) in [6, 6.07) is 8.98. The number of carbonyl (C=O) groups is 2. The van der Waals surface area contributed by atoms with E-state index < -0.39 is 27.9 Å². The lowest BCUT2D eigenvalue weighted by molar-refractivity contribution is -0.117. The number of amides is 1. The number of benzene rings is 2. The summed E-state index contributed by atoms with van der Waals surface area (Å²) < 4.78 is 37.2. The van der Waals surface area contributed by atoms with Gasteiger partial charge in [0.05, 0.1) is 35.2 Å². The van der Waals surface area contributed by atoms with Gasteiger partial charge in [0, 0.05) is 5.69 Å². The van der Waals surface area contributed by atoms with Crippen LogP contribution in [0.4, 0.5) is 5.69 Å². The Kier molecular flexibility index (Phi) is 7.60. The Balaban J connectivity index is 2.06. The summed E-state index contributed by atoms with van der Waals surface area (Å²) in [6.45, 7) is 3.58. The molecule has 1 amide bonds. The molecule has 10 heteroatoms. The minimum absolute atomic E-state index is 0.0898. The minimum atomic E-state index is -3.98. The van der Waals surface area contributed by atoms with E-state index in [0.717, 1.165) is 0 Å². The molecule has 156 valence electrons. The molecule has 0 aliphatic carbocycles. The maximum absolute atomic E-state index is 12.5. The summed E-state index contributed by atoms with van der Waals surface area (Å²) in [5.41, 5.74) is 0.726. The Hall–Kier alpha value is -2.62. The molecule has 0 aromatic heterocycles. The van der Waals surface area contributed by atoms with Gasteiger partial charge in [0.25, 0.3) is 0 Å². The molecular weight excluding hydrogens is 420 g/mol. The molecule has 2 aromatic carbocycles. The van der Waals surface area contributed by atoms with Gasteiger partial charge in [-0.05, 0) is 56.3 Å². The van der Waals surface area contributed by atoms with Crippen LogP contribution < -0.4 is 14.8 Å². The monoisotopic (exact) mass is 440 g/mol. The predicted molar refractivity (Wildman–Crippen MR) is 109 cm³/mol. The first kappa shape index (κ1) is 22.7. The van der Waals surface area contributed by atoms with Crippen molar-refractivity contribution < 1.29 is 27.5 Å². The molecule has 0 unspecified atom stereocenters. The number of halogens is 1. The first-order valence-electron chi connectivity index (χ1n) is 8.62. The lowest BCUT2D eigenvalue weighted by Gasteiger charge is -2.15. The van der Waals surface area contributed by atoms with Crippen LogP contribution in [0.2, 0.25) is 5.02 Å². The number of ether oxygens (including phenoxy) is 2. The minimum Gasteiger partial charge on any atom is -0.492 e. The van der Waals surface area contributed by atoms with E-state index in [0.29, 0.717) is 23.6 Å². The summed E-state index contributed by atoms with van der Waals surface area (Å²) in [5, 5.41) is 2.72. The quantitative estimate of drug-likeness (QED) is 0.610. The number of methoxy groups -OCH3 is 1. The molecule has 2 aromatic rings. The summed E-state index contributed by atoms with van der Waals surface area (Å²) in [4.78, 5) is 23.7. The number of anilines is 1. The Morgan fingerprint density at radius 1 is 1.14 bits per heavy atom. The number of rotatable bonds is 8. The average molecular weight is 441 g/mol. The lowest BCUT2D eigenvalue weighted by atomic mass is 10.2. The van der Waals surface area contributed by atoms with Gasteiger partial charge in [-0.3, -0.25) is 4.79 Å². The van der Waals surface area contributed by atoms with E-state index in [4.69, 9.17) is 16.3 Å². The fraction of sp³-hybridized carbons (Fsp3) is 0.263. The summed E-state index contributed by atoms with van der Waals surface area (Å²) >= 11 is 6.04. The van der Waals surface area contributed by atoms with E-state index in [-0.39, 0.29) is 9.92 Å². The van der Waals surface area contributed by atoms with Gasteiger partial charge in [-0.25, -0.2) is 13.2 Å². The first-order valence-corrected chi connectivity index (χ1v) is 10.5. The van der Waals surface area contributed by atoms with Crippen molar-refractivity contribution in [3.63, 3.8) is 0 Å². The van der Waals surface area contributed by atoms with Gasteiger partial charge in [0.2, 0.25) is 15.9 Å². The number of nitrogens with one attached hydrogen (secondary N) is 2. The zero-order valence-corrected chi connectivity index (χ0v) is 17.6. The molecule has 29 heavy (non-hydrogen) atoms. The van der Waals surface area contributed by atoms with E-state index >= 15 is 0 Å². The third-order valence-corrected chi connectivity index (χ3v) is 5.65. The van der Waals surface area contributed by atoms with Gasteiger partial charge in [-0.1, -0.05) is 11.6 Å². The maximum Gasteiger partial charge on any atom is 0.337 e. The normalized spacial score (nSPS) is 12.1. The van der Waals surface area contributed by atoms with Gasteiger partial charge in [-0.15, -0.1) is 0 Å².